The molecule has 0 saturated heterocycles. The zero-order valence-corrected chi connectivity index (χ0v) is 6.81. The summed E-state index contributed by atoms with van der Waals surface area (Å²) in [6.07, 6.45) is 0.896. The van der Waals surface area contributed by atoms with Gasteiger partial charge in [0.15, 0.2) is 0 Å². The molecule has 3 heteroatoms. The van der Waals surface area contributed by atoms with Crippen molar-refractivity contribution in [3.63, 3.8) is 0 Å². The Morgan fingerprint density at radius 2 is 1.56 bits per heavy atom. The van der Waals surface area contributed by atoms with E-state index in [4.69, 9.17) is 5.11 Å². The fourth-order valence-corrected chi connectivity index (χ4v) is 0.335. The molecule has 0 unspecified atom stereocenters. The van der Waals surface area contributed by atoms with Crippen LogP contribution in [0.25, 0.3) is 0 Å². The highest BCUT2D eigenvalue weighted by Gasteiger charge is 2.06. The molecule has 3 nitrogen and oxygen atoms in total. The van der Waals surface area contributed by atoms with Crippen LogP contribution >= 0.6 is 0 Å². The Morgan fingerprint density at radius 3 is 1.56 bits per heavy atom. The average Bonchev–Trinajstić information content (AvgIpc) is 1.30. The molecule has 0 aromatic rings. The van der Waals surface area contributed by atoms with Gasteiger partial charge < -0.3 is 16.7 Å². The zero-order valence-electron chi connectivity index (χ0n) is 6.81. The molecule has 9 heavy (non-hydrogen) atoms. The molecule has 0 bridgehead atoms. The molecule has 0 amide bonds. The van der Waals surface area contributed by atoms with Crippen molar-refractivity contribution in [1.29, 1.82) is 0 Å². The van der Waals surface area contributed by atoms with E-state index in [1.807, 2.05) is 0 Å². The Labute approximate surface area is 57.0 Å². The Balaban J connectivity index is -0.000000180. The van der Waals surface area contributed by atoms with E-state index < -0.39 is 0 Å². The van der Waals surface area contributed by atoms with E-state index >= 15 is 0 Å². The molecule has 0 atom stereocenters. The van der Waals surface area contributed by atoms with Crippen LogP contribution in [0.1, 0.15) is 27.2 Å². The van der Waals surface area contributed by atoms with Crippen molar-refractivity contribution in [3.05, 3.63) is 0 Å². The molecule has 60 valence electrons. The van der Waals surface area contributed by atoms with Crippen molar-refractivity contribution >= 4 is 0 Å². The Bertz CT molecular complexity index is 49.5. The van der Waals surface area contributed by atoms with Gasteiger partial charge >= 0.3 is 0 Å². The summed E-state index contributed by atoms with van der Waals surface area (Å²) in [6.45, 7) is 6.65. The van der Waals surface area contributed by atoms with Crippen LogP contribution in [0.4, 0.5) is 0 Å². The maximum Gasteiger partial charge on any atom is 0.0436 e. The fraction of sp³-hybridized carbons (Fsp3) is 1.00. The van der Waals surface area contributed by atoms with Crippen LogP contribution in [-0.2, 0) is 0 Å². The minimum atomic E-state index is 0. The smallest absolute Gasteiger partial charge is 0.0436 e. The SMILES string of the molecule is CC(C)(C)CCO.[NH4+].[OH-]. The van der Waals surface area contributed by atoms with Crippen LogP contribution in [0.15, 0.2) is 0 Å². The lowest BCUT2D eigenvalue weighted by atomic mass is 9.93. The van der Waals surface area contributed by atoms with Crippen molar-refractivity contribution < 1.29 is 10.6 Å². The van der Waals surface area contributed by atoms with Gasteiger partial charge in [0.05, 0.1) is 0 Å². The van der Waals surface area contributed by atoms with Crippen molar-refractivity contribution in [3.8, 4) is 0 Å². The summed E-state index contributed by atoms with van der Waals surface area (Å²) in [6, 6.07) is 0. The average molecular weight is 137 g/mol. The summed E-state index contributed by atoms with van der Waals surface area (Å²) < 4.78 is 0. The number of hydrogen-bond donors (Lipinski definition) is 2. The largest absolute Gasteiger partial charge is 0.870 e. The van der Waals surface area contributed by atoms with Gasteiger partial charge in [-0.05, 0) is 11.8 Å². The van der Waals surface area contributed by atoms with Gasteiger partial charge in [-0.15, -0.1) is 0 Å². The van der Waals surface area contributed by atoms with E-state index in [-0.39, 0.29) is 11.6 Å². The summed E-state index contributed by atoms with van der Waals surface area (Å²) in [5.74, 6) is 0. The van der Waals surface area contributed by atoms with Gasteiger partial charge in [-0.25, -0.2) is 0 Å². The van der Waals surface area contributed by atoms with Gasteiger partial charge in [0, 0.05) is 6.61 Å². The fourth-order valence-electron chi connectivity index (χ4n) is 0.335. The van der Waals surface area contributed by atoms with E-state index in [1.54, 1.807) is 0 Å². The van der Waals surface area contributed by atoms with E-state index in [0.29, 0.717) is 12.0 Å². The number of hydrogen-bond acceptors (Lipinski definition) is 2. The zero-order chi connectivity index (χ0) is 5.91. The molecule has 0 aromatic heterocycles. The van der Waals surface area contributed by atoms with Gasteiger partial charge in [-0.3, -0.25) is 0 Å². The number of aliphatic hydroxyl groups is 1. The first kappa shape index (κ1) is 15.9. The molecule has 0 fully saturated rings. The first-order chi connectivity index (χ1) is 3.06. The lowest BCUT2D eigenvalue weighted by Crippen LogP contribution is -2.06. The summed E-state index contributed by atoms with van der Waals surface area (Å²) in [5.41, 5.74) is 0.300. The quantitative estimate of drug-likeness (QED) is 0.575. The minimum Gasteiger partial charge on any atom is -0.870 e. The molecule has 0 rings (SSSR count). The molecule has 6 N–H and O–H groups in total. The number of quaternary nitrogens is 1. The third kappa shape index (κ3) is 18.1. The van der Waals surface area contributed by atoms with Crippen LogP contribution in [0.2, 0.25) is 0 Å². The highest BCUT2D eigenvalue weighted by atomic mass is 16.3. The van der Waals surface area contributed by atoms with Gasteiger partial charge in [0.25, 0.3) is 0 Å². The highest BCUT2D eigenvalue weighted by Crippen LogP contribution is 2.16. The molecule has 0 saturated carbocycles. The van der Waals surface area contributed by atoms with Crippen LogP contribution < -0.4 is 6.15 Å². The molecule has 0 aromatic carbocycles. The lowest BCUT2D eigenvalue weighted by molar-refractivity contribution is 0.225. The first-order valence-electron chi connectivity index (χ1n) is 2.67. The van der Waals surface area contributed by atoms with Gasteiger partial charge in [0.2, 0.25) is 0 Å². The van der Waals surface area contributed by atoms with Crippen LogP contribution in [-0.4, -0.2) is 17.2 Å². The second-order valence-electron chi connectivity index (χ2n) is 3.03. The number of aliphatic hydroxyl groups excluding tert-OH is 1. The highest BCUT2D eigenvalue weighted by molar-refractivity contribution is 4.58. The van der Waals surface area contributed by atoms with Crippen LogP contribution in [0.3, 0.4) is 0 Å². The maximum absolute atomic E-state index is 8.40. The van der Waals surface area contributed by atoms with Crippen molar-refractivity contribution in [1.82, 2.24) is 6.15 Å². The predicted octanol–water partition coefficient (Wildman–Crippen LogP) is 1.61. The van der Waals surface area contributed by atoms with Gasteiger partial charge in [-0.2, -0.15) is 0 Å². The maximum atomic E-state index is 8.40. The summed E-state index contributed by atoms with van der Waals surface area (Å²) in [7, 11) is 0. The molecule has 0 aliphatic carbocycles. The molecule has 0 heterocycles. The van der Waals surface area contributed by atoms with E-state index in [2.05, 4.69) is 20.8 Å². The molecule has 0 aliphatic rings. The predicted molar refractivity (Wildman–Crippen MR) is 39.1 cm³/mol. The monoisotopic (exact) mass is 137 g/mol. The van der Waals surface area contributed by atoms with Gasteiger partial charge in [0.1, 0.15) is 0 Å². The van der Waals surface area contributed by atoms with Crippen LogP contribution in [0.5, 0.6) is 0 Å². The van der Waals surface area contributed by atoms with Crippen LogP contribution in [0, 0.1) is 5.41 Å². The third-order valence-corrected chi connectivity index (χ3v) is 0.862. The van der Waals surface area contributed by atoms with E-state index in [9.17, 15) is 0 Å². The number of rotatable bonds is 1. The van der Waals surface area contributed by atoms with Crippen molar-refractivity contribution in [2.45, 2.75) is 27.2 Å². The molecule has 0 aliphatic heterocycles. The lowest BCUT2D eigenvalue weighted by Gasteiger charge is -2.14. The Morgan fingerprint density at radius 1 is 1.22 bits per heavy atom. The standard InChI is InChI=1S/C6H14O.H3N.H2O/c1-6(2,3)4-5-7;;/h7H,4-5H2,1-3H3;1H3;1H2. The normalized spacial score (nSPS) is 9.33. The second-order valence-corrected chi connectivity index (χ2v) is 3.03. The Hall–Kier alpha value is -0.120. The molecular formula is C6H19NO2. The second kappa shape index (κ2) is 6.01. The van der Waals surface area contributed by atoms with E-state index in [1.165, 1.54) is 0 Å². The topological polar surface area (TPSA) is 86.7 Å². The summed E-state index contributed by atoms with van der Waals surface area (Å²) in [5, 5.41) is 8.40. The molecule has 0 radical (unpaired) electrons. The van der Waals surface area contributed by atoms with Crippen molar-refractivity contribution in [2.75, 3.05) is 6.61 Å². The Kier molecular flexibility index (Phi) is 10.6. The van der Waals surface area contributed by atoms with Gasteiger partial charge in [-0.1, -0.05) is 20.8 Å². The third-order valence-electron chi connectivity index (χ3n) is 0.862. The minimum absolute atomic E-state index is 0. The first-order valence-corrected chi connectivity index (χ1v) is 2.67. The van der Waals surface area contributed by atoms with E-state index in [0.717, 1.165) is 6.42 Å². The summed E-state index contributed by atoms with van der Waals surface area (Å²) >= 11 is 0. The molecular weight excluding hydrogens is 118 g/mol. The molecule has 0 spiro atoms. The summed E-state index contributed by atoms with van der Waals surface area (Å²) in [4.78, 5) is 0. The van der Waals surface area contributed by atoms with Crippen molar-refractivity contribution in [2.24, 2.45) is 5.41 Å².